The predicted octanol–water partition coefficient (Wildman–Crippen LogP) is 5.41. The fraction of sp³-hybridized carbons (Fsp3) is 0.172. The molecule has 1 N–H and O–H groups in total. The van der Waals surface area contributed by atoms with Crippen LogP contribution in [0.1, 0.15) is 18.3 Å². The molecule has 0 saturated carbocycles. The molecule has 39 heavy (non-hydrogen) atoms. The summed E-state index contributed by atoms with van der Waals surface area (Å²) in [6.07, 6.45) is 5.85. The number of imide groups is 1. The Kier molecular flexibility index (Phi) is 6.32. The fourth-order valence-corrected chi connectivity index (χ4v) is 5.44. The van der Waals surface area contributed by atoms with Gasteiger partial charge in [-0.25, -0.2) is 9.97 Å². The zero-order chi connectivity index (χ0) is 27.0. The van der Waals surface area contributed by atoms with E-state index in [4.69, 9.17) is 14.5 Å². The predicted molar refractivity (Wildman–Crippen MR) is 148 cm³/mol. The third-order valence-electron chi connectivity index (χ3n) is 6.67. The van der Waals surface area contributed by atoms with E-state index in [2.05, 4.69) is 10.3 Å². The number of ether oxygens (including phenoxy) is 2. The summed E-state index contributed by atoms with van der Waals surface area (Å²) in [6, 6.07) is 21.2. The van der Waals surface area contributed by atoms with Crippen molar-refractivity contribution in [2.75, 3.05) is 0 Å². The first-order chi connectivity index (χ1) is 18.9. The van der Waals surface area contributed by atoms with E-state index in [1.165, 1.54) is 0 Å². The number of carbonyl (C=O) groups is 2. The summed E-state index contributed by atoms with van der Waals surface area (Å²) < 4.78 is 15.2. The standard InChI is InChI=1S/C29H25N5O4S/c1-29(27(35)32-28(36)39-29)16-19-3-7-21(8-4-19)37-17-26-31-24-12-11-23(15-25(24)33(26)2)38-22-9-5-20(6-10-22)34-14-13-30-18-34/h3-15,18H,16-17H2,1-2H3,(H,32,35,36). The lowest BCUT2D eigenvalue weighted by Crippen LogP contribution is -2.35. The zero-order valence-electron chi connectivity index (χ0n) is 21.3. The normalized spacial score (nSPS) is 17.0. The lowest BCUT2D eigenvalue weighted by atomic mass is 9.99. The van der Waals surface area contributed by atoms with Crippen molar-refractivity contribution < 1.29 is 19.1 Å². The number of rotatable bonds is 8. The molecular formula is C29H25N5O4S. The molecule has 1 unspecified atom stereocenters. The lowest BCUT2D eigenvalue weighted by molar-refractivity contribution is -0.121. The Bertz CT molecular complexity index is 1660. The van der Waals surface area contributed by atoms with E-state index in [9.17, 15) is 9.59 Å². The van der Waals surface area contributed by atoms with Gasteiger partial charge in [-0.1, -0.05) is 12.1 Å². The summed E-state index contributed by atoms with van der Waals surface area (Å²) in [7, 11) is 1.95. The minimum Gasteiger partial charge on any atom is -0.486 e. The highest BCUT2D eigenvalue weighted by molar-refractivity contribution is 8.16. The van der Waals surface area contributed by atoms with Gasteiger partial charge >= 0.3 is 0 Å². The Hall–Kier alpha value is -4.57. The highest BCUT2D eigenvalue weighted by Gasteiger charge is 2.43. The quantitative estimate of drug-likeness (QED) is 0.281. The van der Waals surface area contributed by atoms with Crippen molar-refractivity contribution in [3.8, 4) is 22.9 Å². The molecule has 9 nitrogen and oxygen atoms in total. The van der Waals surface area contributed by atoms with Crippen LogP contribution in [0.25, 0.3) is 16.7 Å². The van der Waals surface area contributed by atoms with Crippen molar-refractivity contribution in [1.29, 1.82) is 0 Å². The van der Waals surface area contributed by atoms with Crippen LogP contribution in [0.15, 0.2) is 85.5 Å². The first-order valence-corrected chi connectivity index (χ1v) is 13.2. The molecule has 10 heteroatoms. The van der Waals surface area contributed by atoms with Gasteiger partial charge in [-0.2, -0.15) is 0 Å². The molecule has 2 aromatic heterocycles. The average molecular weight is 540 g/mol. The number of aromatic nitrogens is 4. The summed E-state index contributed by atoms with van der Waals surface area (Å²) in [6.45, 7) is 2.07. The topological polar surface area (TPSA) is 100 Å². The van der Waals surface area contributed by atoms with Crippen molar-refractivity contribution in [3.05, 3.63) is 96.8 Å². The maximum Gasteiger partial charge on any atom is 0.286 e. The van der Waals surface area contributed by atoms with Crippen LogP contribution in [0.3, 0.4) is 0 Å². The second-order valence-corrected chi connectivity index (χ2v) is 11.0. The average Bonchev–Trinajstić information content (AvgIpc) is 3.63. The zero-order valence-corrected chi connectivity index (χ0v) is 22.1. The first-order valence-electron chi connectivity index (χ1n) is 12.3. The van der Waals surface area contributed by atoms with Crippen LogP contribution in [-0.2, 0) is 24.9 Å². The summed E-state index contributed by atoms with van der Waals surface area (Å²) in [5.41, 5.74) is 3.75. The van der Waals surface area contributed by atoms with Crippen molar-refractivity contribution in [1.82, 2.24) is 24.4 Å². The van der Waals surface area contributed by atoms with E-state index in [0.29, 0.717) is 24.5 Å². The Morgan fingerprint density at radius 1 is 0.974 bits per heavy atom. The molecule has 0 spiro atoms. The molecule has 6 rings (SSSR count). The van der Waals surface area contributed by atoms with Gasteiger partial charge in [0.15, 0.2) is 0 Å². The van der Waals surface area contributed by atoms with E-state index >= 15 is 0 Å². The third-order valence-corrected chi connectivity index (χ3v) is 7.73. The molecule has 1 aliphatic rings. The summed E-state index contributed by atoms with van der Waals surface area (Å²) >= 11 is 1.03. The van der Waals surface area contributed by atoms with Crippen LogP contribution in [0, 0.1) is 0 Å². The molecule has 0 radical (unpaired) electrons. The molecule has 5 aromatic rings. The Morgan fingerprint density at radius 2 is 1.72 bits per heavy atom. The largest absolute Gasteiger partial charge is 0.486 e. The Labute approximate surface area is 228 Å². The number of amides is 2. The highest BCUT2D eigenvalue weighted by Crippen LogP contribution is 2.35. The van der Waals surface area contributed by atoms with Gasteiger partial charge < -0.3 is 18.6 Å². The number of nitrogens with one attached hydrogen (secondary N) is 1. The van der Waals surface area contributed by atoms with Crippen molar-refractivity contribution in [2.24, 2.45) is 7.05 Å². The molecule has 2 amide bonds. The van der Waals surface area contributed by atoms with E-state index in [1.54, 1.807) is 19.4 Å². The number of thioether (sulfide) groups is 1. The van der Waals surface area contributed by atoms with Crippen molar-refractivity contribution in [3.63, 3.8) is 0 Å². The lowest BCUT2D eigenvalue weighted by Gasteiger charge is -2.18. The highest BCUT2D eigenvalue weighted by atomic mass is 32.2. The molecule has 0 aliphatic carbocycles. The number of fused-ring (bicyclic) bond motifs is 1. The number of nitrogens with zero attached hydrogens (tertiary/aromatic N) is 4. The molecule has 1 fully saturated rings. The third kappa shape index (κ3) is 5.10. The van der Waals surface area contributed by atoms with Crippen LogP contribution < -0.4 is 14.8 Å². The number of hydrogen-bond acceptors (Lipinski definition) is 7. The monoisotopic (exact) mass is 539 g/mol. The number of aryl methyl sites for hydroxylation is 1. The van der Waals surface area contributed by atoms with Gasteiger partial charge in [0.1, 0.15) is 34.4 Å². The molecule has 1 aliphatic heterocycles. The van der Waals surface area contributed by atoms with Crippen LogP contribution >= 0.6 is 11.8 Å². The van der Waals surface area contributed by atoms with Gasteiger partial charge in [-0.15, -0.1) is 0 Å². The maximum atomic E-state index is 12.1. The Morgan fingerprint density at radius 3 is 2.41 bits per heavy atom. The molecule has 1 atom stereocenters. The molecule has 3 aromatic carbocycles. The molecule has 1 saturated heterocycles. The molecule has 3 heterocycles. The van der Waals surface area contributed by atoms with Gasteiger partial charge in [0.2, 0.25) is 5.91 Å². The first kappa shape index (κ1) is 24.7. The van der Waals surface area contributed by atoms with Gasteiger partial charge in [0, 0.05) is 31.2 Å². The summed E-state index contributed by atoms with van der Waals surface area (Å²) in [5, 5.41) is 2.05. The second-order valence-electron chi connectivity index (χ2n) is 9.49. The van der Waals surface area contributed by atoms with Crippen LogP contribution in [-0.4, -0.2) is 35.0 Å². The van der Waals surface area contributed by atoms with E-state index in [0.717, 1.165) is 45.6 Å². The minimum absolute atomic E-state index is 0.253. The SMILES string of the molecule is Cn1c(COc2ccc(CC3(C)SC(=O)NC3=O)cc2)nc2ccc(Oc3ccc(-n4ccnc4)cc3)cc21. The van der Waals surface area contributed by atoms with E-state index in [1.807, 2.05) is 89.1 Å². The summed E-state index contributed by atoms with van der Waals surface area (Å²) in [5.74, 6) is 2.67. The number of benzene rings is 3. The van der Waals surface area contributed by atoms with E-state index < -0.39 is 4.75 Å². The maximum absolute atomic E-state index is 12.1. The van der Waals surface area contributed by atoms with Gasteiger partial charge in [0.25, 0.3) is 5.24 Å². The van der Waals surface area contributed by atoms with Crippen LogP contribution in [0.4, 0.5) is 4.79 Å². The number of carbonyl (C=O) groups excluding carboxylic acids is 2. The van der Waals surface area contributed by atoms with Crippen LogP contribution in [0.2, 0.25) is 0 Å². The molecule has 0 bridgehead atoms. The number of hydrogen-bond donors (Lipinski definition) is 1. The van der Waals surface area contributed by atoms with Crippen molar-refractivity contribution in [2.45, 2.75) is 24.7 Å². The second kappa shape index (κ2) is 9.95. The van der Waals surface area contributed by atoms with Crippen LogP contribution in [0.5, 0.6) is 17.2 Å². The summed E-state index contributed by atoms with van der Waals surface area (Å²) in [4.78, 5) is 32.5. The molecule has 196 valence electrons. The minimum atomic E-state index is -0.793. The van der Waals surface area contributed by atoms with Gasteiger partial charge in [-0.05, 0) is 79.2 Å². The number of imidazole rings is 2. The Balaban J connectivity index is 1.10. The van der Waals surface area contributed by atoms with E-state index in [-0.39, 0.29) is 11.1 Å². The fourth-order valence-electron chi connectivity index (χ4n) is 4.51. The van der Waals surface area contributed by atoms with Gasteiger partial charge in [0.05, 0.1) is 17.4 Å². The van der Waals surface area contributed by atoms with Gasteiger partial charge in [-0.3, -0.25) is 14.9 Å². The molecular weight excluding hydrogens is 514 g/mol. The smallest absolute Gasteiger partial charge is 0.286 e. The van der Waals surface area contributed by atoms with Crippen molar-refractivity contribution >= 4 is 33.9 Å².